The van der Waals surface area contributed by atoms with Gasteiger partial charge in [-0.2, -0.15) is 0 Å². The van der Waals surface area contributed by atoms with Gasteiger partial charge in [0, 0.05) is 30.0 Å². The number of fused-ring (bicyclic) bond motifs is 1. The lowest BCUT2D eigenvalue weighted by atomic mass is 10.0. The number of benzene rings is 1. The molecule has 1 aromatic heterocycles. The molecule has 5 nitrogen and oxygen atoms in total. The number of hydrogen-bond acceptors (Lipinski definition) is 2. The Morgan fingerprint density at radius 2 is 2.21 bits per heavy atom. The molecule has 1 unspecified atom stereocenters. The topological polar surface area (TPSA) is 46.5 Å². The fourth-order valence-electron chi connectivity index (χ4n) is 3.25. The number of carbonyl (C=O) groups is 1. The van der Waals surface area contributed by atoms with E-state index in [-0.39, 0.29) is 12.1 Å². The van der Waals surface area contributed by atoms with Crippen molar-refractivity contribution in [3.63, 3.8) is 0 Å². The summed E-state index contributed by atoms with van der Waals surface area (Å²) in [6.07, 6.45) is 4.03. The van der Waals surface area contributed by atoms with Crippen LogP contribution in [0.3, 0.4) is 0 Å². The second-order valence-electron chi connectivity index (χ2n) is 5.90. The largest absolute Gasteiger partial charge is 0.495 e. The molecule has 1 aromatic carbocycles. The lowest BCUT2D eigenvalue weighted by Gasteiger charge is -2.37. The molecule has 128 valence electrons. The number of hydrogen-bond donors (Lipinski definition) is 1. The highest BCUT2D eigenvalue weighted by atomic mass is 35.5. The van der Waals surface area contributed by atoms with Gasteiger partial charge in [-0.1, -0.05) is 24.9 Å². The van der Waals surface area contributed by atoms with Gasteiger partial charge in [-0.3, -0.25) is 0 Å². The van der Waals surface area contributed by atoms with E-state index in [9.17, 15) is 4.79 Å². The molecule has 0 aliphatic carbocycles. The Morgan fingerprint density at radius 3 is 2.96 bits per heavy atom. The van der Waals surface area contributed by atoms with Gasteiger partial charge in [0.2, 0.25) is 0 Å². The number of methoxy groups -OCH3 is 1. The summed E-state index contributed by atoms with van der Waals surface area (Å²) in [4.78, 5) is 14.8. The Labute approximate surface area is 147 Å². The Hall–Kier alpha value is -2.14. The number of nitrogens with zero attached hydrogens (tertiary/aromatic N) is 2. The van der Waals surface area contributed by atoms with E-state index in [1.807, 2.05) is 11.0 Å². The Morgan fingerprint density at radius 1 is 1.38 bits per heavy atom. The number of halogens is 1. The molecule has 1 aliphatic heterocycles. The molecule has 0 spiro atoms. The van der Waals surface area contributed by atoms with E-state index >= 15 is 0 Å². The second kappa shape index (κ2) is 7.18. The van der Waals surface area contributed by atoms with E-state index < -0.39 is 0 Å². The number of ether oxygens (including phenoxy) is 1. The predicted molar refractivity (Wildman–Crippen MR) is 95.8 cm³/mol. The van der Waals surface area contributed by atoms with Crippen LogP contribution in [-0.2, 0) is 6.54 Å². The summed E-state index contributed by atoms with van der Waals surface area (Å²) < 4.78 is 7.54. The van der Waals surface area contributed by atoms with E-state index in [0.29, 0.717) is 23.0 Å². The van der Waals surface area contributed by atoms with Gasteiger partial charge in [0.15, 0.2) is 0 Å². The van der Waals surface area contributed by atoms with Crippen molar-refractivity contribution < 1.29 is 9.53 Å². The molecule has 0 bridgehead atoms. The fourth-order valence-corrected chi connectivity index (χ4v) is 3.42. The van der Waals surface area contributed by atoms with Crippen molar-refractivity contribution in [1.29, 1.82) is 0 Å². The molecular weight excluding hydrogens is 326 g/mol. The molecule has 0 radical (unpaired) electrons. The number of nitrogens with one attached hydrogen (secondary N) is 1. The van der Waals surface area contributed by atoms with E-state index in [1.165, 1.54) is 5.69 Å². The zero-order valence-corrected chi connectivity index (χ0v) is 14.7. The van der Waals surface area contributed by atoms with Gasteiger partial charge >= 0.3 is 6.03 Å². The molecule has 1 atom stereocenters. The maximum absolute atomic E-state index is 12.9. The quantitative estimate of drug-likeness (QED) is 0.882. The van der Waals surface area contributed by atoms with Crippen molar-refractivity contribution in [3.8, 4) is 5.75 Å². The van der Waals surface area contributed by atoms with Gasteiger partial charge in [-0.25, -0.2) is 4.79 Å². The molecular formula is C18H22ClN3O2. The van der Waals surface area contributed by atoms with Crippen molar-refractivity contribution in [2.45, 2.75) is 32.4 Å². The molecule has 2 aromatic rings. The van der Waals surface area contributed by atoms with Crippen LogP contribution in [0.1, 0.15) is 31.5 Å². The number of amides is 2. The molecule has 2 amide bonds. The summed E-state index contributed by atoms with van der Waals surface area (Å²) in [5.74, 6) is 0.597. The molecule has 6 heteroatoms. The number of aromatic nitrogens is 1. The van der Waals surface area contributed by atoms with E-state index in [4.69, 9.17) is 16.3 Å². The first-order valence-corrected chi connectivity index (χ1v) is 8.58. The average molecular weight is 348 g/mol. The molecule has 3 rings (SSSR count). The third-order valence-electron chi connectivity index (χ3n) is 4.39. The molecule has 2 heterocycles. The van der Waals surface area contributed by atoms with Crippen LogP contribution in [0, 0.1) is 0 Å². The van der Waals surface area contributed by atoms with Gasteiger partial charge in [-0.15, -0.1) is 0 Å². The first-order chi connectivity index (χ1) is 11.6. The van der Waals surface area contributed by atoms with Crippen LogP contribution in [0.15, 0.2) is 36.5 Å². The van der Waals surface area contributed by atoms with Crippen LogP contribution >= 0.6 is 11.6 Å². The second-order valence-corrected chi connectivity index (χ2v) is 6.34. The van der Waals surface area contributed by atoms with Crippen LogP contribution in [0.4, 0.5) is 10.5 Å². The van der Waals surface area contributed by atoms with E-state index in [0.717, 1.165) is 19.4 Å². The van der Waals surface area contributed by atoms with E-state index in [1.54, 1.807) is 25.3 Å². The third kappa shape index (κ3) is 3.22. The van der Waals surface area contributed by atoms with Crippen molar-refractivity contribution in [1.82, 2.24) is 9.47 Å². The van der Waals surface area contributed by atoms with Crippen molar-refractivity contribution in [2.75, 3.05) is 19.0 Å². The minimum atomic E-state index is -0.124. The van der Waals surface area contributed by atoms with Gasteiger partial charge in [0.05, 0.1) is 18.8 Å². The predicted octanol–water partition coefficient (Wildman–Crippen LogP) is 4.54. The normalized spacial score (nSPS) is 16.6. The Balaban J connectivity index is 1.83. The smallest absolute Gasteiger partial charge is 0.322 e. The zero-order chi connectivity index (χ0) is 17.1. The van der Waals surface area contributed by atoms with Gasteiger partial charge in [0.1, 0.15) is 5.75 Å². The van der Waals surface area contributed by atoms with Crippen LogP contribution in [0.2, 0.25) is 5.02 Å². The van der Waals surface area contributed by atoms with Crippen molar-refractivity contribution in [3.05, 3.63) is 47.2 Å². The average Bonchev–Trinajstić information content (AvgIpc) is 3.04. The van der Waals surface area contributed by atoms with Crippen LogP contribution in [-0.4, -0.2) is 29.2 Å². The van der Waals surface area contributed by atoms with Gasteiger partial charge in [-0.05, 0) is 36.8 Å². The highest BCUT2D eigenvalue weighted by Gasteiger charge is 2.30. The van der Waals surface area contributed by atoms with Crippen molar-refractivity contribution >= 4 is 23.3 Å². The summed E-state index contributed by atoms with van der Waals surface area (Å²) >= 11 is 6.05. The highest BCUT2D eigenvalue weighted by Crippen LogP contribution is 2.32. The minimum Gasteiger partial charge on any atom is -0.495 e. The molecule has 24 heavy (non-hydrogen) atoms. The summed E-state index contributed by atoms with van der Waals surface area (Å²) in [7, 11) is 1.58. The Bertz CT molecular complexity index is 729. The fraction of sp³-hybridized carbons (Fsp3) is 0.389. The minimum absolute atomic E-state index is 0.0870. The SMILES string of the molecule is CCCC1c2cccn2CCN1C(=O)Nc1cc(Cl)ccc1OC. The summed E-state index contributed by atoms with van der Waals surface area (Å²) in [6.45, 7) is 3.63. The summed E-state index contributed by atoms with van der Waals surface area (Å²) in [5, 5.41) is 3.51. The molecule has 0 saturated heterocycles. The first kappa shape index (κ1) is 16.7. The summed E-state index contributed by atoms with van der Waals surface area (Å²) in [6, 6.07) is 9.30. The van der Waals surface area contributed by atoms with Crippen LogP contribution in [0.5, 0.6) is 5.75 Å². The van der Waals surface area contributed by atoms with Gasteiger partial charge in [0.25, 0.3) is 0 Å². The number of carbonyl (C=O) groups excluding carboxylic acids is 1. The maximum Gasteiger partial charge on any atom is 0.322 e. The number of anilines is 1. The van der Waals surface area contributed by atoms with Crippen LogP contribution < -0.4 is 10.1 Å². The third-order valence-corrected chi connectivity index (χ3v) is 4.63. The van der Waals surface area contributed by atoms with E-state index in [2.05, 4.69) is 29.1 Å². The standard InChI is InChI=1S/C18H22ClN3O2/c1-3-5-16-15-6-4-9-21(15)10-11-22(16)18(23)20-14-12-13(19)7-8-17(14)24-2/h4,6-9,12,16H,3,5,10-11H2,1-2H3,(H,20,23). The van der Waals surface area contributed by atoms with Crippen molar-refractivity contribution in [2.24, 2.45) is 0 Å². The highest BCUT2D eigenvalue weighted by molar-refractivity contribution is 6.31. The molecule has 0 saturated carbocycles. The summed E-state index contributed by atoms with van der Waals surface area (Å²) in [5.41, 5.74) is 1.78. The maximum atomic E-state index is 12.9. The Kier molecular flexibility index (Phi) is 5.00. The monoisotopic (exact) mass is 347 g/mol. The van der Waals surface area contributed by atoms with Crippen LogP contribution in [0.25, 0.3) is 0 Å². The molecule has 1 N–H and O–H groups in total. The number of rotatable bonds is 4. The molecule has 1 aliphatic rings. The first-order valence-electron chi connectivity index (χ1n) is 8.20. The number of urea groups is 1. The zero-order valence-electron chi connectivity index (χ0n) is 14.0. The lowest BCUT2D eigenvalue weighted by Crippen LogP contribution is -2.44. The lowest BCUT2D eigenvalue weighted by molar-refractivity contribution is 0.163. The van der Waals surface area contributed by atoms with Gasteiger partial charge < -0.3 is 19.5 Å². The molecule has 0 fully saturated rings.